The Balaban J connectivity index is 1.78. The van der Waals surface area contributed by atoms with E-state index in [0.717, 1.165) is 4.47 Å². The van der Waals surface area contributed by atoms with Crippen LogP contribution in [0.4, 0.5) is 4.39 Å². The zero-order valence-electron chi connectivity index (χ0n) is 17.1. The van der Waals surface area contributed by atoms with E-state index in [-0.39, 0.29) is 46.8 Å². The van der Waals surface area contributed by atoms with Crippen LogP contribution in [0.1, 0.15) is 23.0 Å². The summed E-state index contributed by atoms with van der Waals surface area (Å²) in [7, 11) is 0. The Morgan fingerprint density at radius 2 is 1.81 bits per heavy atom. The van der Waals surface area contributed by atoms with Crippen LogP contribution in [0.25, 0.3) is 22.1 Å². The predicted octanol–water partition coefficient (Wildman–Crippen LogP) is 6.12. The van der Waals surface area contributed by atoms with Gasteiger partial charge in [-0.3, -0.25) is 4.79 Å². The second kappa shape index (κ2) is 9.36. The van der Waals surface area contributed by atoms with Crippen LogP contribution >= 0.6 is 15.9 Å². The molecule has 4 rings (SSSR count). The molecule has 0 N–H and O–H groups in total. The van der Waals surface area contributed by atoms with Gasteiger partial charge in [-0.1, -0.05) is 46.3 Å². The monoisotopic (exact) mass is 496 g/mol. The highest BCUT2D eigenvalue weighted by molar-refractivity contribution is 9.10. The summed E-state index contributed by atoms with van der Waals surface area (Å²) < 4.78 is 31.3. The maximum Gasteiger partial charge on any atom is 0.375 e. The van der Waals surface area contributed by atoms with Crippen LogP contribution in [0.3, 0.4) is 0 Å². The van der Waals surface area contributed by atoms with Crippen molar-refractivity contribution in [2.24, 2.45) is 0 Å². The van der Waals surface area contributed by atoms with Crippen LogP contribution in [0.2, 0.25) is 0 Å². The highest BCUT2D eigenvalue weighted by atomic mass is 79.9. The average molecular weight is 497 g/mol. The van der Waals surface area contributed by atoms with Gasteiger partial charge in [-0.2, -0.15) is 0 Å². The van der Waals surface area contributed by atoms with Gasteiger partial charge in [0.15, 0.2) is 0 Å². The molecule has 0 aliphatic carbocycles. The summed E-state index contributed by atoms with van der Waals surface area (Å²) in [6, 6.07) is 18.0. The number of carbonyl (C=O) groups excluding carboxylic acids is 1. The van der Waals surface area contributed by atoms with Gasteiger partial charge in [0.2, 0.25) is 11.2 Å². The van der Waals surface area contributed by atoms with Gasteiger partial charge >= 0.3 is 5.97 Å². The normalized spacial score (nSPS) is 10.8. The van der Waals surface area contributed by atoms with Crippen molar-refractivity contribution in [2.45, 2.75) is 13.5 Å². The molecule has 1 aromatic heterocycles. The van der Waals surface area contributed by atoms with Gasteiger partial charge in [0.1, 0.15) is 23.8 Å². The lowest BCUT2D eigenvalue weighted by Gasteiger charge is -2.11. The molecule has 0 spiro atoms. The summed E-state index contributed by atoms with van der Waals surface area (Å²) in [5.74, 6) is -0.918. The molecule has 0 radical (unpaired) electrons. The zero-order chi connectivity index (χ0) is 22.7. The third-order valence-electron chi connectivity index (χ3n) is 4.81. The van der Waals surface area contributed by atoms with Crippen LogP contribution < -0.4 is 10.2 Å². The molecular weight excluding hydrogens is 479 g/mol. The highest BCUT2D eigenvalue weighted by Gasteiger charge is 2.23. The minimum absolute atomic E-state index is 0.00409. The lowest BCUT2D eigenvalue weighted by molar-refractivity contribution is 0.0492. The zero-order valence-corrected chi connectivity index (χ0v) is 18.6. The van der Waals surface area contributed by atoms with Crippen LogP contribution in [-0.4, -0.2) is 12.6 Å². The quantitative estimate of drug-likeness (QED) is 0.301. The molecule has 0 saturated carbocycles. The topological polar surface area (TPSA) is 65.7 Å². The summed E-state index contributed by atoms with van der Waals surface area (Å²) in [6.45, 7) is 1.81. The van der Waals surface area contributed by atoms with Crippen molar-refractivity contribution in [1.29, 1.82) is 0 Å². The fourth-order valence-electron chi connectivity index (χ4n) is 3.26. The maximum absolute atomic E-state index is 13.8. The molecule has 7 heteroatoms. The van der Waals surface area contributed by atoms with Gasteiger partial charge in [-0.15, -0.1) is 0 Å². The molecule has 3 aromatic carbocycles. The molecule has 0 aliphatic heterocycles. The lowest BCUT2D eigenvalue weighted by Crippen LogP contribution is -2.15. The van der Waals surface area contributed by atoms with Crippen molar-refractivity contribution in [1.82, 2.24) is 0 Å². The molecule has 5 nitrogen and oxygen atoms in total. The second-order valence-electron chi connectivity index (χ2n) is 6.90. The van der Waals surface area contributed by atoms with Crippen LogP contribution in [0.15, 0.2) is 80.4 Å². The minimum Gasteiger partial charge on any atom is -0.489 e. The Morgan fingerprint density at radius 3 is 2.53 bits per heavy atom. The summed E-state index contributed by atoms with van der Waals surface area (Å²) in [4.78, 5) is 25.9. The van der Waals surface area contributed by atoms with Crippen LogP contribution in [-0.2, 0) is 11.3 Å². The van der Waals surface area contributed by atoms with Gasteiger partial charge in [0.25, 0.3) is 0 Å². The molecule has 0 atom stereocenters. The van der Waals surface area contributed by atoms with Crippen LogP contribution in [0.5, 0.6) is 5.75 Å². The maximum atomic E-state index is 13.8. The lowest BCUT2D eigenvalue weighted by atomic mass is 10.0. The Hall–Kier alpha value is -3.45. The largest absolute Gasteiger partial charge is 0.489 e. The van der Waals surface area contributed by atoms with Gasteiger partial charge in [0, 0.05) is 16.1 Å². The van der Waals surface area contributed by atoms with E-state index in [9.17, 15) is 14.0 Å². The number of ether oxygens (including phenoxy) is 2. The Bertz CT molecular complexity index is 1350. The molecule has 0 aliphatic rings. The molecule has 4 aromatic rings. The van der Waals surface area contributed by atoms with E-state index < -0.39 is 5.97 Å². The first kappa shape index (κ1) is 21.8. The number of esters is 1. The second-order valence-corrected chi connectivity index (χ2v) is 7.82. The molecule has 0 bridgehead atoms. The molecule has 0 fully saturated rings. The fraction of sp³-hybridized carbons (Fsp3) is 0.120. The molecule has 32 heavy (non-hydrogen) atoms. The van der Waals surface area contributed by atoms with E-state index in [0.29, 0.717) is 16.9 Å². The Labute approximate surface area is 191 Å². The van der Waals surface area contributed by atoms with E-state index >= 15 is 0 Å². The number of hydrogen-bond acceptors (Lipinski definition) is 5. The molecule has 0 unspecified atom stereocenters. The number of hydrogen-bond donors (Lipinski definition) is 0. The van der Waals surface area contributed by atoms with Gasteiger partial charge in [-0.25, -0.2) is 9.18 Å². The van der Waals surface area contributed by atoms with E-state index in [1.165, 1.54) is 12.1 Å². The molecule has 0 saturated heterocycles. The highest BCUT2D eigenvalue weighted by Crippen LogP contribution is 2.28. The van der Waals surface area contributed by atoms with E-state index in [1.54, 1.807) is 61.5 Å². The van der Waals surface area contributed by atoms with Crippen molar-refractivity contribution >= 4 is 32.9 Å². The number of benzene rings is 3. The van der Waals surface area contributed by atoms with E-state index in [1.807, 2.05) is 0 Å². The predicted molar refractivity (Wildman–Crippen MR) is 122 cm³/mol. The van der Waals surface area contributed by atoms with Gasteiger partial charge < -0.3 is 13.9 Å². The van der Waals surface area contributed by atoms with Crippen molar-refractivity contribution in [3.8, 4) is 16.9 Å². The third kappa shape index (κ3) is 4.43. The Morgan fingerprint density at radius 1 is 1.06 bits per heavy atom. The van der Waals surface area contributed by atoms with Gasteiger partial charge in [0.05, 0.1) is 17.6 Å². The molecule has 1 heterocycles. The molecule has 162 valence electrons. The van der Waals surface area contributed by atoms with Crippen molar-refractivity contribution in [3.05, 3.63) is 98.6 Å². The van der Waals surface area contributed by atoms with Crippen molar-refractivity contribution < 1.29 is 23.1 Å². The molecule has 0 amide bonds. The third-order valence-corrected chi connectivity index (χ3v) is 5.34. The van der Waals surface area contributed by atoms with E-state index in [2.05, 4.69) is 15.9 Å². The average Bonchev–Trinajstić information content (AvgIpc) is 2.79. The first-order valence-electron chi connectivity index (χ1n) is 9.88. The smallest absolute Gasteiger partial charge is 0.375 e. The first-order chi connectivity index (χ1) is 15.5. The van der Waals surface area contributed by atoms with Crippen molar-refractivity contribution in [3.63, 3.8) is 0 Å². The summed E-state index contributed by atoms with van der Waals surface area (Å²) >= 11 is 3.36. The number of fused-ring (bicyclic) bond motifs is 1. The standard InChI is InChI=1S/C25H18BrFO5/c1-2-30-25(29)24-22(15-7-9-17(26)10-8-15)23(28)19-12-11-18(13-21(19)32-24)31-14-16-5-3-4-6-20(16)27/h3-13H,2,14H2,1H3. The fourth-order valence-corrected chi connectivity index (χ4v) is 3.52. The summed E-state index contributed by atoms with van der Waals surface area (Å²) in [5, 5.41) is 0.286. The number of halogens is 2. The number of rotatable bonds is 6. The molecular formula is C25H18BrFO5. The van der Waals surface area contributed by atoms with Crippen LogP contribution in [0, 0.1) is 5.82 Å². The minimum atomic E-state index is -0.734. The van der Waals surface area contributed by atoms with E-state index in [4.69, 9.17) is 13.9 Å². The van der Waals surface area contributed by atoms with Crippen molar-refractivity contribution in [2.75, 3.05) is 6.61 Å². The summed E-state index contributed by atoms with van der Waals surface area (Å²) in [5.41, 5.74) is 0.865. The van der Waals surface area contributed by atoms with Gasteiger partial charge in [-0.05, 0) is 42.8 Å². The Kier molecular flexibility index (Phi) is 6.37. The SMILES string of the molecule is CCOC(=O)c1oc2cc(OCc3ccccc3F)ccc2c(=O)c1-c1ccc(Br)cc1. The first-order valence-corrected chi connectivity index (χ1v) is 10.7. The summed E-state index contributed by atoms with van der Waals surface area (Å²) in [6.07, 6.45) is 0. The number of carbonyl (C=O) groups is 1.